The van der Waals surface area contributed by atoms with Crippen LogP contribution in [0.1, 0.15) is 24.1 Å². The smallest absolute Gasteiger partial charge is 0.0659 e. The Labute approximate surface area is 156 Å². The zero-order valence-corrected chi connectivity index (χ0v) is 14.0. The van der Waals surface area contributed by atoms with Crippen LogP contribution in [0.25, 0.3) is 46.4 Å². The maximum Gasteiger partial charge on any atom is 0.0659 e. The quantitative estimate of drug-likeness (QED) is 0.387. The second-order valence-electron chi connectivity index (χ2n) is 5.82. The zero-order valence-electron chi connectivity index (χ0n) is 14.0. The molecular formula is C20H14CuN4. The van der Waals surface area contributed by atoms with Crippen LogP contribution in [0.5, 0.6) is 0 Å². The first-order valence-corrected chi connectivity index (χ1v) is 7.76. The summed E-state index contributed by atoms with van der Waals surface area (Å²) in [6.45, 7) is 0. The molecule has 125 valence electrons. The molecule has 3 aromatic heterocycles. The zero-order chi connectivity index (χ0) is 16.8. The summed E-state index contributed by atoms with van der Waals surface area (Å²) in [6, 6.07) is 14.1. The van der Waals surface area contributed by atoms with E-state index in [1.807, 2.05) is 66.8 Å². The number of nitrogens with zero attached hydrogens (tertiary/aromatic N) is 2. The van der Waals surface area contributed by atoms with Gasteiger partial charge in [0, 0.05) is 39.1 Å². The van der Waals surface area contributed by atoms with E-state index < -0.39 is 0 Å². The molecule has 5 heterocycles. The van der Waals surface area contributed by atoms with E-state index in [2.05, 4.69) is 19.9 Å². The van der Waals surface area contributed by atoms with Gasteiger partial charge in [-0.3, -0.25) is 0 Å². The topological polar surface area (TPSA) is 57.4 Å². The Balaban J connectivity index is 0.00000168. The molecule has 0 amide bonds. The Bertz CT molecular complexity index is 1220. The van der Waals surface area contributed by atoms with Crippen molar-refractivity contribution < 1.29 is 18.4 Å². The van der Waals surface area contributed by atoms with Gasteiger partial charge in [0.1, 0.15) is 0 Å². The normalized spacial score (nSPS) is 12.7. The van der Waals surface area contributed by atoms with Crippen LogP contribution in [0, 0.1) is 0 Å². The minimum Gasteiger partial charge on any atom is -0.355 e. The van der Waals surface area contributed by atoms with Crippen LogP contribution in [-0.4, -0.2) is 19.9 Å². The first-order valence-electron chi connectivity index (χ1n) is 8.26. The average molecular weight is 375 g/mol. The standard InChI is InChI=1S/C20H14N4.Cu/c1-2-14-10-16-5-6-18(23-16)12-20-8-7-19(24-20)11-17-4-3-15(22-17)9-13(1)21-14;/h1-12,21-22H;/i1D;. The molecule has 0 aliphatic carbocycles. The molecule has 2 N–H and O–H groups in total. The van der Waals surface area contributed by atoms with Gasteiger partial charge in [0.2, 0.25) is 0 Å². The van der Waals surface area contributed by atoms with E-state index in [4.69, 9.17) is 1.37 Å². The van der Waals surface area contributed by atoms with Crippen molar-refractivity contribution in [2.24, 2.45) is 0 Å². The van der Waals surface area contributed by atoms with Crippen LogP contribution in [0.15, 0.2) is 48.5 Å². The second-order valence-corrected chi connectivity index (χ2v) is 5.82. The van der Waals surface area contributed by atoms with Gasteiger partial charge in [-0.15, -0.1) is 0 Å². The number of fused-ring (bicyclic) bond motifs is 8. The molecule has 0 spiro atoms. The van der Waals surface area contributed by atoms with E-state index in [1.54, 1.807) is 0 Å². The molecule has 25 heavy (non-hydrogen) atoms. The largest absolute Gasteiger partial charge is 0.355 e. The van der Waals surface area contributed by atoms with Crippen LogP contribution in [0.2, 0.25) is 0 Å². The van der Waals surface area contributed by atoms with Gasteiger partial charge in [-0.2, -0.15) is 0 Å². The summed E-state index contributed by atoms with van der Waals surface area (Å²) in [5, 5.41) is 0. The maximum atomic E-state index is 8.15. The van der Waals surface area contributed by atoms with Gasteiger partial charge >= 0.3 is 0 Å². The van der Waals surface area contributed by atoms with E-state index in [0.29, 0.717) is 6.04 Å². The molecule has 0 fully saturated rings. The second kappa shape index (κ2) is 6.20. The van der Waals surface area contributed by atoms with Gasteiger partial charge in [0.15, 0.2) is 0 Å². The monoisotopic (exact) mass is 374 g/mol. The number of nitrogens with one attached hydrogen (secondary N) is 2. The third-order valence-electron chi connectivity index (χ3n) is 3.96. The molecular weight excluding hydrogens is 360 g/mol. The van der Waals surface area contributed by atoms with Crippen molar-refractivity contribution in [3.63, 3.8) is 0 Å². The molecule has 5 rings (SSSR count). The molecule has 0 unspecified atom stereocenters. The molecule has 1 radical (unpaired) electrons. The van der Waals surface area contributed by atoms with Crippen LogP contribution >= 0.6 is 0 Å². The molecule has 2 aliphatic rings. The fourth-order valence-electron chi connectivity index (χ4n) is 2.87. The summed E-state index contributed by atoms with van der Waals surface area (Å²) in [4.78, 5) is 15.8. The average Bonchev–Trinajstić information content (AvgIpc) is 3.33. The molecule has 0 saturated carbocycles. The molecule has 5 heteroatoms. The van der Waals surface area contributed by atoms with Crippen molar-refractivity contribution in [3.05, 3.63) is 71.3 Å². The van der Waals surface area contributed by atoms with Crippen molar-refractivity contribution in [3.8, 4) is 0 Å². The van der Waals surface area contributed by atoms with Gasteiger partial charge < -0.3 is 9.97 Å². The summed E-state index contributed by atoms with van der Waals surface area (Å²) in [6.07, 6.45) is 7.91. The van der Waals surface area contributed by atoms with Crippen molar-refractivity contribution in [2.75, 3.05) is 0 Å². The van der Waals surface area contributed by atoms with Crippen LogP contribution in [0.3, 0.4) is 0 Å². The third kappa shape index (κ3) is 3.20. The first kappa shape index (κ1) is 14.5. The fourth-order valence-corrected chi connectivity index (χ4v) is 2.87. The summed E-state index contributed by atoms with van der Waals surface area (Å²) in [5.74, 6) is 0. The minimum absolute atomic E-state index is 0. The fraction of sp³-hybridized carbons (Fsp3) is 0. The predicted octanol–water partition coefficient (Wildman–Crippen LogP) is 4.65. The van der Waals surface area contributed by atoms with Crippen LogP contribution in [0.4, 0.5) is 0 Å². The van der Waals surface area contributed by atoms with E-state index >= 15 is 0 Å². The van der Waals surface area contributed by atoms with E-state index in [-0.39, 0.29) is 17.1 Å². The number of aromatic amines is 2. The molecule has 8 bridgehead atoms. The van der Waals surface area contributed by atoms with Gasteiger partial charge in [-0.25, -0.2) is 9.97 Å². The summed E-state index contributed by atoms with van der Waals surface area (Å²) in [7, 11) is 0. The summed E-state index contributed by atoms with van der Waals surface area (Å²) in [5.41, 5.74) is 7.04. The van der Waals surface area contributed by atoms with Crippen molar-refractivity contribution >= 4 is 46.4 Å². The van der Waals surface area contributed by atoms with Crippen LogP contribution in [-0.2, 0) is 17.1 Å². The van der Waals surface area contributed by atoms with Crippen molar-refractivity contribution in [1.29, 1.82) is 0 Å². The number of aromatic nitrogens is 4. The molecule has 2 aliphatic heterocycles. The van der Waals surface area contributed by atoms with E-state index in [9.17, 15) is 0 Å². The Morgan fingerprint density at radius 3 is 1.72 bits per heavy atom. The molecule has 0 saturated heterocycles. The summed E-state index contributed by atoms with van der Waals surface area (Å²) < 4.78 is 8.15. The molecule has 3 aromatic rings. The maximum absolute atomic E-state index is 8.15. The van der Waals surface area contributed by atoms with Gasteiger partial charge in [0.25, 0.3) is 0 Å². The number of hydrogen-bond acceptors (Lipinski definition) is 2. The van der Waals surface area contributed by atoms with Gasteiger partial charge in [-0.05, 0) is 72.8 Å². The minimum atomic E-state index is 0. The third-order valence-corrected chi connectivity index (χ3v) is 3.96. The Kier molecular flexibility index (Phi) is 3.59. The van der Waals surface area contributed by atoms with E-state index in [1.165, 1.54) is 0 Å². The number of rotatable bonds is 0. The number of hydrogen-bond donors (Lipinski definition) is 2. The molecule has 0 aromatic carbocycles. The molecule has 4 nitrogen and oxygen atoms in total. The molecule has 0 atom stereocenters. The van der Waals surface area contributed by atoms with Crippen LogP contribution < -0.4 is 0 Å². The first-order chi connectivity index (χ1) is 12.2. The number of H-pyrrole nitrogens is 2. The Hall–Kier alpha value is -2.88. The van der Waals surface area contributed by atoms with Crippen molar-refractivity contribution in [1.82, 2.24) is 19.9 Å². The Morgan fingerprint density at radius 1 is 0.600 bits per heavy atom. The van der Waals surface area contributed by atoms with E-state index in [0.717, 1.165) is 44.8 Å². The Morgan fingerprint density at radius 2 is 1.08 bits per heavy atom. The summed E-state index contributed by atoms with van der Waals surface area (Å²) >= 11 is 0. The predicted molar refractivity (Wildman–Crippen MR) is 98.9 cm³/mol. The van der Waals surface area contributed by atoms with Gasteiger partial charge in [-0.1, -0.05) is 0 Å². The van der Waals surface area contributed by atoms with Crippen molar-refractivity contribution in [2.45, 2.75) is 0 Å². The van der Waals surface area contributed by atoms with Gasteiger partial charge in [0.05, 0.1) is 24.1 Å². The SMILES string of the molecule is [2H]c1cc2cc3nc(cc4nc(cc5ccc(cc1[nH]2)[nH]5)C=C4)C=C3.[Cu].